The summed E-state index contributed by atoms with van der Waals surface area (Å²) in [6.07, 6.45) is 2.88. The standard InChI is InChI=1S/C19H18FNO4S/c1-24-19(23)16-11-13(25-17-7-3-2-6-15(17)20)12-21(16)18(22)9-8-14-5-4-10-26-14/h2-10,13,16H,11-12H2,1H3/b9-8+. The Bertz CT molecular complexity index is 806. The SMILES string of the molecule is COC(=O)C1CC(Oc2ccccc2F)CN1C(=O)/C=C/c1cccs1. The van der Waals surface area contributed by atoms with Crippen molar-refractivity contribution >= 4 is 29.3 Å². The average molecular weight is 375 g/mol. The Balaban J connectivity index is 1.73. The molecule has 1 aromatic heterocycles. The van der Waals surface area contributed by atoms with Crippen LogP contribution in [-0.2, 0) is 14.3 Å². The highest BCUT2D eigenvalue weighted by Gasteiger charge is 2.41. The van der Waals surface area contributed by atoms with E-state index >= 15 is 0 Å². The molecule has 0 aliphatic carbocycles. The van der Waals surface area contributed by atoms with Crippen molar-refractivity contribution in [1.29, 1.82) is 0 Å². The van der Waals surface area contributed by atoms with Crippen molar-refractivity contribution in [2.75, 3.05) is 13.7 Å². The van der Waals surface area contributed by atoms with Crippen molar-refractivity contribution < 1.29 is 23.5 Å². The number of carbonyl (C=O) groups excluding carboxylic acids is 2. The fourth-order valence-corrected chi connectivity index (χ4v) is 3.46. The van der Waals surface area contributed by atoms with Gasteiger partial charge in [-0.2, -0.15) is 0 Å². The van der Waals surface area contributed by atoms with Gasteiger partial charge in [0, 0.05) is 17.4 Å². The van der Waals surface area contributed by atoms with E-state index in [9.17, 15) is 14.0 Å². The number of ether oxygens (including phenoxy) is 2. The topological polar surface area (TPSA) is 55.8 Å². The fraction of sp³-hybridized carbons (Fsp3) is 0.263. The summed E-state index contributed by atoms with van der Waals surface area (Å²) < 4.78 is 24.3. The summed E-state index contributed by atoms with van der Waals surface area (Å²) in [5, 5.41) is 1.91. The van der Waals surface area contributed by atoms with E-state index in [1.165, 1.54) is 41.6 Å². The predicted molar refractivity (Wildman–Crippen MR) is 96.3 cm³/mol. The average Bonchev–Trinajstić information content (AvgIpc) is 3.31. The van der Waals surface area contributed by atoms with Crippen LogP contribution in [0.5, 0.6) is 5.75 Å². The van der Waals surface area contributed by atoms with Crippen LogP contribution in [-0.4, -0.2) is 42.6 Å². The minimum Gasteiger partial charge on any atom is -0.485 e. The lowest BCUT2D eigenvalue weighted by atomic mass is 10.2. The molecule has 1 aliphatic heterocycles. The van der Waals surface area contributed by atoms with Crippen LogP contribution in [0.25, 0.3) is 6.08 Å². The number of amides is 1. The molecule has 1 fully saturated rings. The first-order valence-corrected chi connectivity index (χ1v) is 8.97. The molecule has 3 rings (SSSR count). The molecule has 2 atom stereocenters. The predicted octanol–water partition coefficient (Wildman–Crippen LogP) is 3.12. The number of rotatable bonds is 5. The highest BCUT2D eigenvalue weighted by Crippen LogP contribution is 2.26. The quantitative estimate of drug-likeness (QED) is 0.595. The second-order valence-electron chi connectivity index (χ2n) is 5.78. The van der Waals surface area contributed by atoms with Crippen LogP contribution in [0.1, 0.15) is 11.3 Å². The van der Waals surface area contributed by atoms with Crippen molar-refractivity contribution in [3.63, 3.8) is 0 Å². The molecule has 1 saturated heterocycles. The van der Waals surface area contributed by atoms with Crippen molar-refractivity contribution in [3.8, 4) is 5.75 Å². The summed E-state index contributed by atoms with van der Waals surface area (Å²) in [7, 11) is 1.28. The van der Waals surface area contributed by atoms with E-state index < -0.39 is 23.9 Å². The van der Waals surface area contributed by atoms with Gasteiger partial charge in [0.05, 0.1) is 13.7 Å². The molecule has 0 radical (unpaired) electrons. The number of esters is 1. The molecule has 0 spiro atoms. The van der Waals surface area contributed by atoms with Gasteiger partial charge < -0.3 is 14.4 Å². The van der Waals surface area contributed by atoms with Gasteiger partial charge in [0.1, 0.15) is 12.1 Å². The molecule has 5 nitrogen and oxygen atoms in total. The normalized spacial score (nSPS) is 19.7. The monoisotopic (exact) mass is 375 g/mol. The summed E-state index contributed by atoms with van der Waals surface area (Å²) >= 11 is 1.51. The maximum Gasteiger partial charge on any atom is 0.328 e. The van der Waals surface area contributed by atoms with E-state index in [0.717, 1.165) is 4.88 Å². The zero-order valence-electron chi connectivity index (χ0n) is 14.1. The molecule has 26 heavy (non-hydrogen) atoms. The fourth-order valence-electron chi connectivity index (χ4n) is 2.84. The van der Waals surface area contributed by atoms with Gasteiger partial charge in [0.2, 0.25) is 5.91 Å². The molecule has 1 amide bonds. The minimum absolute atomic E-state index is 0.101. The van der Waals surface area contributed by atoms with Gasteiger partial charge in [0.25, 0.3) is 0 Å². The molecule has 0 bridgehead atoms. The van der Waals surface area contributed by atoms with Gasteiger partial charge in [-0.1, -0.05) is 18.2 Å². The van der Waals surface area contributed by atoms with Gasteiger partial charge in [-0.25, -0.2) is 9.18 Å². The van der Waals surface area contributed by atoms with Crippen LogP contribution >= 0.6 is 11.3 Å². The molecule has 0 saturated carbocycles. The zero-order valence-corrected chi connectivity index (χ0v) is 14.9. The number of carbonyl (C=O) groups is 2. The van der Waals surface area contributed by atoms with Crippen molar-refractivity contribution in [1.82, 2.24) is 4.90 Å². The summed E-state index contributed by atoms with van der Waals surface area (Å²) in [5.41, 5.74) is 0. The third-order valence-electron chi connectivity index (χ3n) is 4.08. The molecular weight excluding hydrogens is 357 g/mol. The molecule has 1 aromatic carbocycles. The van der Waals surface area contributed by atoms with Gasteiger partial charge in [-0.3, -0.25) is 4.79 Å². The van der Waals surface area contributed by atoms with Crippen LogP contribution in [0.2, 0.25) is 0 Å². The van der Waals surface area contributed by atoms with Crippen molar-refractivity contribution in [3.05, 3.63) is 58.5 Å². The van der Waals surface area contributed by atoms with Crippen LogP contribution in [0.4, 0.5) is 4.39 Å². The Morgan fingerprint density at radius 2 is 2.08 bits per heavy atom. The Hall–Kier alpha value is -2.67. The number of hydrogen-bond donors (Lipinski definition) is 0. The molecule has 1 aliphatic rings. The second kappa shape index (κ2) is 8.14. The summed E-state index contributed by atoms with van der Waals surface area (Å²) in [6, 6.07) is 9.08. The maximum absolute atomic E-state index is 13.8. The van der Waals surface area contributed by atoms with Gasteiger partial charge in [-0.15, -0.1) is 11.3 Å². The van der Waals surface area contributed by atoms with Crippen LogP contribution < -0.4 is 4.74 Å². The number of nitrogens with zero attached hydrogens (tertiary/aromatic N) is 1. The first-order chi connectivity index (χ1) is 12.6. The van der Waals surface area contributed by atoms with Crippen molar-refractivity contribution in [2.24, 2.45) is 0 Å². The highest BCUT2D eigenvalue weighted by atomic mass is 32.1. The lowest BCUT2D eigenvalue weighted by Crippen LogP contribution is -2.40. The number of benzene rings is 1. The summed E-state index contributed by atoms with van der Waals surface area (Å²) in [6.45, 7) is 0.182. The van der Waals surface area contributed by atoms with E-state index in [4.69, 9.17) is 9.47 Å². The van der Waals surface area contributed by atoms with Gasteiger partial charge in [-0.05, 0) is 29.7 Å². The number of likely N-dealkylation sites (tertiary alicyclic amines) is 1. The van der Waals surface area contributed by atoms with E-state index in [1.807, 2.05) is 17.5 Å². The third kappa shape index (κ3) is 4.11. The zero-order chi connectivity index (χ0) is 18.5. The minimum atomic E-state index is -0.753. The summed E-state index contributed by atoms with van der Waals surface area (Å²) in [5.74, 6) is -1.20. The van der Waals surface area contributed by atoms with E-state index in [-0.39, 0.29) is 24.6 Å². The number of para-hydroxylation sites is 1. The Morgan fingerprint density at radius 3 is 2.77 bits per heavy atom. The number of thiophene rings is 1. The van der Waals surface area contributed by atoms with E-state index in [0.29, 0.717) is 0 Å². The second-order valence-corrected chi connectivity index (χ2v) is 6.76. The Labute approximate surface area is 154 Å². The third-order valence-corrected chi connectivity index (χ3v) is 4.92. The lowest BCUT2D eigenvalue weighted by Gasteiger charge is -2.20. The molecule has 136 valence electrons. The molecule has 2 aromatic rings. The first kappa shape index (κ1) is 18.1. The van der Waals surface area contributed by atoms with Gasteiger partial charge >= 0.3 is 5.97 Å². The summed E-state index contributed by atoms with van der Waals surface area (Å²) in [4.78, 5) is 26.9. The lowest BCUT2D eigenvalue weighted by molar-refractivity contribution is -0.149. The first-order valence-electron chi connectivity index (χ1n) is 8.09. The molecular formula is C19H18FNO4S. The smallest absolute Gasteiger partial charge is 0.328 e. The number of methoxy groups -OCH3 is 1. The maximum atomic E-state index is 13.8. The molecule has 2 unspecified atom stereocenters. The Kier molecular flexibility index (Phi) is 5.68. The molecule has 7 heteroatoms. The largest absolute Gasteiger partial charge is 0.485 e. The molecule has 2 heterocycles. The van der Waals surface area contributed by atoms with E-state index in [2.05, 4.69) is 0 Å². The van der Waals surface area contributed by atoms with E-state index in [1.54, 1.807) is 18.2 Å². The van der Waals surface area contributed by atoms with Crippen LogP contribution in [0.15, 0.2) is 47.9 Å². The van der Waals surface area contributed by atoms with Gasteiger partial charge in [0.15, 0.2) is 11.6 Å². The van der Waals surface area contributed by atoms with Crippen LogP contribution in [0.3, 0.4) is 0 Å². The number of hydrogen-bond acceptors (Lipinski definition) is 5. The van der Waals surface area contributed by atoms with Crippen molar-refractivity contribution in [2.45, 2.75) is 18.6 Å². The Morgan fingerprint density at radius 1 is 1.27 bits per heavy atom. The molecule has 0 N–H and O–H groups in total. The number of halogens is 1. The van der Waals surface area contributed by atoms with Crippen LogP contribution in [0, 0.1) is 5.82 Å². The highest BCUT2D eigenvalue weighted by molar-refractivity contribution is 7.10.